The van der Waals surface area contributed by atoms with Gasteiger partial charge in [0.2, 0.25) is 0 Å². The van der Waals surface area contributed by atoms with Gasteiger partial charge >= 0.3 is 6.03 Å². The highest BCUT2D eigenvalue weighted by atomic mass is 16.2. The SMILES string of the molecule is Cc1nn(CCC#N)c(C)c1[C@@H]1C=C[C@@H](NC(=O)NC(C)C)C1. The fraction of sp³-hybridized carbons (Fsp3) is 0.588. The Labute approximate surface area is 137 Å². The summed E-state index contributed by atoms with van der Waals surface area (Å²) in [5.74, 6) is 0.259. The fourth-order valence-corrected chi connectivity index (χ4v) is 3.11. The van der Waals surface area contributed by atoms with Crippen molar-refractivity contribution in [2.45, 2.75) is 65.1 Å². The maximum absolute atomic E-state index is 11.8. The summed E-state index contributed by atoms with van der Waals surface area (Å²) in [6.45, 7) is 8.56. The minimum Gasteiger partial charge on any atom is -0.336 e. The smallest absolute Gasteiger partial charge is 0.315 e. The largest absolute Gasteiger partial charge is 0.336 e. The molecule has 0 aliphatic heterocycles. The summed E-state index contributed by atoms with van der Waals surface area (Å²) in [6, 6.07) is 2.19. The van der Waals surface area contributed by atoms with E-state index in [4.69, 9.17) is 5.26 Å². The first kappa shape index (κ1) is 17.1. The van der Waals surface area contributed by atoms with Gasteiger partial charge in [-0.15, -0.1) is 0 Å². The first-order valence-corrected chi connectivity index (χ1v) is 8.08. The van der Waals surface area contributed by atoms with Gasteiger partial charge in [0.25, 0.3) is 0 Å². The van der Waals surface area contributed by atoms with Crippen molar-refractivity contribution in [3.05, 3.63) is 29.1 Å². The number of nitriles is 1. The van der Waals surface area contributed by atoms with Gasteiger partial charge in [-0.25, -0.2) is 4.79 Å². The van der Waals surface area contributed by atoms with Crippen molar-refractivity contribution in [3.63, 3.8) is 0 Å². The number of carbonyl (C=O) groups is 1. The quantitative estimate of drug-likeness (QED) is 0.819. The van der Waals surface area contributed by atoms with Gasteiger partial charge in [-0.1, -0.05) is 12.2 Å². The molecule has 0 saturated carbocycles. The van der Waals surface area contributed by atoms with Gasteiger partial charge in [-0.3, -0.25) is 4.68 Å². The molecule has 0 bridgehead atoms. The molecule has 2 amide bonds. The maximum Gasteiger partial charge on any atom is 0.315 e. The lowest BCUT2D eigenvalue weighted by Gasteiger charge is -2.16. The monoisotopic (exact) mass is 315 g/mol. The number of rotatable bonds is 5. The zero-order valence-corrected chi connectivity index (χ0v) is 14.3. The van der Waals surface area contributed by atoms with E-state index in [-0.39, 0.29) is 24.0 Å². The molecule has 124 valence electrons. The van der Waals surface area contributed by atoms with Crippen LogP contribution in [0.15, 0.2) is 12.2 Å². The van der Waals surface area contributed by atoms with Crippen molar-refractivity contribution in [3.8, 4) is 6.07 Å². The molecular formula is C17H25N5O. The Morgan fingerprint density at radius 2 is 2.22 bits per heavy atom. The predicted molar refractivity (Wildman–Crippen MR) is 89.0 cm³/mol. The molecule has 1 aliphatic rings. The van der Waals surface area contributed by atoms with E-state index < -0.39 is 0 Å². The van der Waals surface area contributed by atoms with E-state index in [0.717, 1.165) is 17.8 Å². The van der Waals surface area contributed by atoms with Gasteiger partial charge in [0, 0.05) is 29.3 Å². The number of nitrogens with one attached hydrogen (secondary N) is 2. The number of aryl methyl sites for hydroxylation is 2. The molecule has 0 fully saturated rings. The summed E-state index contributed by atoms with van der Waals surface area (Å²) in [4.78, 5) is 11.8. The summed E-state index contributed by atoms with van der Waals surface area (Å²) in [7, 11) is 0. The molecule has 0 aromatic carbocycles. The number of hydrogen-bond acceptors (Lipinski definition) is 3. The Morgan fingerprint density at radius 1 is 1.48 bits per heavy atom. The number of allylic oxidation sites excluding steroid dienone is 1. The maximum atomic E-state index is 11.8. The van der Waals surface area contributed by atoms with Crippen LogP contribution in [0.1, 0.15) is 49.6 Å². The van der Waals surface area contributed by atoms with E-state index >= 15 is 0 Å². The zero-order valence-electron chi connectivity index (χ0n) is 14.3. The Kier molecular flexibility index (Phi) is 5.43. The molecule has 1 aromatic heterocycles. The number of hydrogen-bond donors (Lipinski definition) is 2. The van der Waals surface area contributed by atoms with Crippen LogP contribution in [-0.4, -0.2) is 27.9 Å². The Balaban J connectivity index is 2.02. The van der Waals surface area contributed by atoms with Crippen molar-refractivity contribution in [1.29, 1.82) is 5.26 Å². The average molecular weight is 315 g/mol. The Morgan fingerprint density at radius 3 is 2.87 bits per heavy atom. The lowest BCUT2D eigenvalue weighted by Crippen LogP contribution is -2.43. The van der Waals surface area contributed by atoms with Crippen molar-refractivity contribution < 1.29 is 4.79 Å². The highest BCUT2D eigenvalue weighted by molar-refractivity contribution is 5.74. The molecule has 6 heteroatoms. The summed E-state index contributed by atoms with van der Waals surface area (Å²) in [6.07, 6.45) is 5.50. The van der Waals surface area contributed by atoms with Crippen LogP contribution in [-0.2, 0) is 6.54 Å². The first-order chi connectivity index (χ1) is 10.9. The topological polar surface area (TPSA) is 82.7 Å². The van der Waals surface area contributed by atoms with Gasteiger partial charge in [-0.05, 0) is 34.1 Å². The fourth-order valence-electron chi connectivity index (χ4n) is 3.11. The molecule has 0 radical (unpaired) electrons. The van der Waals surface area contributed by atoms with Crippen LogP contribution in [0.5, 0.6) is 0 Å². The molecule has 2 N–H and O–H groups in total. The van der Waals surface area contributed by atoms with Gasteiger partial charge in [0.1, 0.15) is 0 Å². The molecule has 2 atom stereocenters. The molecular weight excluding hydrogens is 290 g/mol. The Bertz CT molecular complexity index is 638. The van der Waals surface area contributed by atoms with Gasteiger partial charge in [0.15, 0.2) is 0 Å². The lowest BCUT2D eigenvalue weighted by molar-refractivity contribution is 0.236. The second-order valence-electron chi connectivity index (χ2n) is 6.32. The van der Waals surface area contributed by atoms with E-state index in [0.29, 0.717) is 13.0 Å². The van der Waals surface area contributed by atoms with E-state index in [1.54, 1.807) is 0 Å². The number of amides is 2. The molecule has 1 aliphatic carbocycles. The van der Waals surface area contributed by atoms with E-state index in [1.165, 1.54) is 5.56 Å². The molecule has 1 aromatic rings. The highest BCUT2D eigenvalue weighted by Crippen LogP contribution is 2.33. The number of carbonyl (C=O) groups excluding carboxylic acids is 1. The summed E-state index contributed by atoms with van der Waals surface area (Å²) >= 11 is 0. The first-order valence-electron chi connectivity index (χ1n) is 8.08. The van der Waals surface area contributed by atoms with Crippen molar-refractivity contribution in [2.24, 2.45) is 0 Å². The van der Waals surface area contributed by atoms with Crippen LogP contribution in [0.3, 0.4) is 0 Å². The molecule has 23 heavy (non-hydrogen) atoms. The van der Waals surface area contributed by atoms with Crippen LogP contribution in [0.2, 0.25) is 0 Å². The van der Waals surface area contributed by atoms with Gasteiger partial charge in [-0.2, -0.15) is 10.4 Å². The third-order valence-electron chi connectivity index (χ3n) is 4.06. The number of nitrogens with zero attached hydrogens (tertiary/aromatic N) is 3. The van der Waals surface area contributed by atoms with Gasteiger partial charge in [0.05, 0.1) is 24.7 Å². The predicted octanol–water partition coefficient (Wildman–Crippen LogP) is 2.53. The van der Waals surface area contributed by atoms with Crippen molar-refractivity contribution in [2.75, 3.05) is 0 Å². The second kappa shape index (κ2) is 7.32. The normalized spacial score (nSPS) is 19.8. The van der Waals surface area contributed by atoms with Gasteiger partial charge < -0.3 is 10.6 Å². The van der Waals surface area contributed by atoms with E-state index in [1.807, 2.05) is 32.4 Å². The molecule has 0 spiro atoms. The van der Waals surface area contributed by atoms with E-state index in [2.05, 4.69) is 34.0 Å². The molecule has 6 nitrogen and oxygen atoms in total. The lowest BCUT2D eigenvalue weighted by atomic mass is 9.96. The summed E-state index contributed by atoms with van der Waals surface area (Å²) in [5, 5.41) is 19.1. The minimum absolute atomic E-state index is 0.0417. The molecule has 0 saturated heterocycles. The summed E-state index contributed by atoms with van der Waals surface area (Å²) < 4.78 is 1.91. The molecule has 2 rings (SSSR count). The number of urea groups is 1. The molecule has 0 unspecified atom stereocenters. The Hall–Kier alpha value is -2.29. The summed E-state index contributed by atoms with van der Waals surface area (Å²) in [5.41, 5.74) is 3.33. The average Bonchev–Trinajstić information content (AvgIpc) is 3.00. The van der Waals surface area contributed by atoms with E-state index in [9.17, 15) is 4.79 Å². The number of aromatic nitrogens is 2. The standard InChI is InChI=1S/C17H25N5O/c1-11(2)19-17(23)20-15-7-6-14(10-15)16-12(3)21-22(13(16)4)9-5-8-18/h6-7,11,14-15H,5,9-10H2,1-4H3,(H2,19,20,23)/t14-,15-/m1/s1. The third kappa shape index (κ3) is 4.13. The van der Waals surface area contributed by atoms with Crippen LogP contribution >= 0.6 is 0 Å². The van der Waals surface area contributed by atoms with Crippen LogP contribution < -0.4 is 10.6 Å². The second-order valence-corrected chi connectivity index (χ2v) is 6.32. The van der Waals surface area contributed by atoms with Crippen molar-refractivity contribution >= 4 is 6.03 Å². The highest BCUT2D eigenvalue weighted by Gasteiger charge is 2.26. The molecule has 1 heterocycles. The van der Waals surface area contributed by atoms with Crippen LogP contribution in [0, 0.1) is 25.2 Å². The van der Waals surface area contributed by atoms with Crippen LogP contribution in [0.4, 0.5) is 4.79 Å². The zero-order chi connectivity index (χ0) is 17.0. The van der Waals surface area contributed by atoms with Crippen molar-refractivity contribution in [1.82, 2.24) is 20.4 Å². The minimum atomic E-state index is -0.131. The third-order valence-corrected chi connectivity index (χ3v) is 4.06. The van der Waals surface area contributed by atoms with Crippen LogP contribution in [0.25, 0.3) is 0 Å².